The van der Waals surface area contributed by atoms with Crippen molar-refractivity contribution in [3.8, 4) is 5.75 Å². The topological polar surface area (TPSA) is 33.3 Å². The van der Waals surface area contributed by atoms with Crippen molar-refractivity contribution in [1.29, 1.82) is 0 Å². The van der Waals surface area contributed by atoms with Gasteiger partial charge in [0.05, 0.1) is 12.8 Å². The van der Waals surface area contributed by atoms with Crippen molar-refractivity contribution >= 4 is 17.3 Å². The molecule has 2 aliphatic heterocycles. The number of hydrogen-bond acceptors (Lipinski definition) is 3. The van der Waals surface area contributed by atoms with Crippen LogP contribution in [0.25, 0.3) is 0 Å². The Morgan fingerprint density at radius 3 is 3.12 bits per heavy atom. The van der Waals surface area contributed by atoms with E-state index in [2.05, 4.69) is 16.7 Å². The number of ether oxygens (including phenoxy) is 1. The van der Waals surface area contributed by atoms with Gasteiger partial charge in [-0.1, -0.05) is 11.6 Å². The second kappa shape index (κ2) is 3.82. The predicted molar refractivity (Wildman–Crippen MR) is 65.6 cm³/mol. The molecule has 16 heavy (non-hydrogen) atoms. The molecule has 1 aromatic rings. The number of halogens is 1. The molecule has 3 rings (SSSR count). The Hall–Kier alpha value is -0.930. The highest BCUT2D eigenvalue weighted by molar-refractivity contribution is 6.31. The van der Waals surface area contributed by atoms with Crippen LogP contribution in [0.15, 0.2) is 12.1 Å². The van der Waals surface area contributed by atoms with E-state index in [0.29, 0.717) is 12.0 Å². The average molecular weight is 239 g/mol. The maximum Gasteiger partial charge on any atom is 0.143 e. The van der Waals surface area contributed by atoms with Crippen LogP contribution in [-0.2, 0) is 0 Å². The van der Waals surface area contributed by atoms with E-state index in [1.54, 1.807) is 7.11 Å². The lowest BCUT2D eigenvalue weighted by Crippen LogP contribution is -2.38. The summed E-state index contributed by atoms with van der Waals surface area (Å²) in [6.45, 7) is 2.10. The van der Waals surface area contributed by atoms with E-state index in [1.165, 1.54) is 5.56 Å². The highest BCUT2D eigenvalue weighted by Gasteiger charge is 2.35. The van der Waals surface area contributed by atoms with Gasteiger partial charge in [0.25, 0.3) is 0 Å². The van der Waals surface area contributed by atoms with Crippen LogP contribution in [0.1, 0.15) is 17.9 Å². The molecule has 2 unspecified atom stereocenters. The van der Waals surface area contributed by atoms with E-state index in [0.717, 1.165) is 36.0 Å². The van der Waals surface area contributed by atoms with Gasteiger partial charge in [-0.3, -0.25) is 0 Å². The molecule has 3 nitrogen and oxygen atoms in total. The second-order valence-corrected chi connectivity index (χ2v) is 4.86. The third-order valence-corrected chi connectivity index (χ3v) is 3.75. The highest BCUT2D eigenvalue weighted by Crippen LogP contribution is 2.45. The lowest BCUT2D eigenvalue weighted by atomic mass is 9.90. The van der Waals surface area contributed by atoms with E-state index in [4.69, 9.17) is 16.3 Å². The summed E-state index contributed by atoms with van der Waals surface area (Å²) in [5.74, 6) is 1.38. The van der Waals surface area contributed by atoms with Crippen LogP contribution in [0.3, 0.4) is 0 Å². The molecular weight excluding hydrogens is 224 g/mol. The maximum atomic E-state index is 6.11. The second-order valence-electron chi connectivity index (χ2n) is 4.42. The molecule has 1 fully saturated rings. The Kier molecular flexibility index (Phi) is 2.45. The summed E-state index contributed by atoms with van der Waals surface area (Å²) in [6, 6.07) is 4.46. The molecule has 2 heterocycles. The quantitative estimate of drug-likeness (QED) is 0.787. The van der Waals surface area contributed by atoms with E-state index in [1.807, 2.05) is 6.07 Å². The molecule has 4 heteroatoms. The number of piperidine rings is 1. The summed E-state index contributed by atoms with van der Waals surface area (Å²) in [5, 5.41) is 7.74. The van der Waals surface area contributed by atoms with Gasteiger partial charge in [-0.05, 0) is 24.6 Å². The molecular formula is C12H15ClN2O. The number of anilines is 1. The molecule has 0 aromatic heterocycles. The zero-order chi connectivity index (χ0) is 11.1. The first-order chi connectivity index (χ1) is 7.79. The summed E-state index contributed by atoms with van der Waals surface area (Å²) < 4.78 is 5.38. The largest absolute Gasteiger partial charge is 0.495 e. The van der Waals surface area contributed by atoms with Crippen molar-refractivity contribution in [2.24, 2.45) is 0 Å². The summed E-state index contributed by atoms with van der Waals surface area (Å²) in [4.78, 5) is 0. The van der Waals surface area contributed by atoms with Gasteiger partial charge in [0.1, 0.15) is 5.75 Å². The molecule has 2 N–H and O–H groups in total. The van der Waals surface area contributed by atoms with E-state index in [-0.39, 0.29) is 0 Å². The fraction of sp³-hybridized carbons (Fsp3) is 0.500. The molecule has 0 aliphatic carbocycles. The maximum absolute atomic E-state index is 6.11. The van der Waals surface area contributed by atoms with Crippen molar-refractivity contribution in [3.63, 3.8) is 0 Å². The number of fused-ring (bicyclic) bond motifs is 3. The third-order valence-electron chi connectivity index (χ3n) is 3.53. The number of rotatable bonds is 1. The first kappa shape index (κ1) is 10.2. The predicted octanol–water partition coefficient (Wildman–Crippen LogP) is 2.22. The standard InChI is InChI=1S/C12H15ClN2O/c1-16-11-5-7(13)4-8-9-6-14-3-2-10(9)15-12(8)11/h4-5,9-10,14-15H,2-3,6H2,1H3. The Morgan fingerprint density at radius 1 is 1.44 bits per heavy atom. The highest BCUT2D eigenvalue weighted by atomic mass is 35.5. The van der Waals surface area contributed by atoms with Gasteiger partial charge < -0.3 is 15.4 Å². The van der Waals surface area contributed by atoms with Gasteiger partial charge in [0.2, 0.25) is 0 Å². The molecule has 0 saturated carbocycles. The molecule has 2 atom stereocenters. The van der Waals surface area contributed by atoms with E-state index in [9.17, 15) is 0 Å². The number of benzene rings is 1. The molecule has 86 valence electrons. The minimum atomic E-state index is 0.524. The normalized spacial score (nSPS) is 26.9. The van der Waals surface area contributed by atoms with Gasteiger partial charge in [0.15, 0.2) is 0 Å². The van der Waals surface area contributed by atoms with Crippen molar-refractivity contribution in [1.82, 2.24) is 5.32 Å². The number of methoxy groups -OCH3 is 1. The average Bonchev–Trinajstić information content (AvgIpc) is 2.67. The van der Waals surface area contributed by atoms with Crippen molar-refractivity contribution in [2.75, 3.05) is 25.5 Å². The van der Waals surface area contributed by atoms with Crippen LogP contribution in [0.4, 0.5) is 5.69 Å². The molecule has 2 aliphatic rings. The first-order valence-electron chi connectivity index (χ1n) is 5.64. The van der Waals surface area contributed by atoms with Crippen LogP contribution < -0.4 is 15.4 Å². The Labute approximate surface area is 100 Å². The van der Waals surface area contributed by atoms with Gasteiger partial charge in [0, 0.05) is 29.6 Å². The Bertz CT molecular complexity index is 422. The fourth-order valence-corrected chi connectivity index (χ4v) is 2.97. The van der Waals surface area contributed by atoms with Gasteiger partial charge in [-0.2, -0.15) is 0 Å². The SMILES string of the molecule is COc1cc(Cl)cc2c1NC1CCNCC21. The Balaban J connectivity index is 2.07. The summed E-state index contributed by atoms with van der Waals surface area (Å²) in [5.41, 5.74) is 2.42. The smallest absolute Gasteiger partial charge is 0.143 e. The zero-order valence-electron chi connectivity index (χ0n) is 9.22. The van der Waals surface area contributed by atoms with Crippen molar-refractivity contribution in [2.45, 2.75) is 18.4 Å². The van der Waals surface area contributed by atoms with E-state index < -0.39 is 0 Å². The molecule has 0 amide bonds. The Morgan fingerprint density at radius 2 is 2.31 bits per heavy atom. The minimum Gasteiger partial charge on any atom is -0.495 e. The number of nitrogens with one attached hydrogen (secondary N) is 2. The van der Waals surface area contributed by atoms with Crippen LogP contribution >= 0.6 is 11.6 Å². The van der Waals surface area contributed by atoms with Crippen LogP contribution in [0.2, 0.25) is 5.02 Å². The van der Waals surface area contributed by atoms with Crippen molar-refractivity contribution < 1.29 is 4.74 Å². The van der Waals surface area contributed by atoms with Gasteiger partial charge in [-0.25, -0.2) is 0 Å². The van der Waals surface area contributed by atoms with Crippen molar-refractivity contribution in [3.05, 3.63) is 22.7 Å². The molecule has 0 radical (unpaired) electrons. The molecule has 1 saturated heterocycles. The third kappa shape index (κ3) is 1.46. The minimum absolute atomic E-state index is 0.524. The molecule has 0 bridgehead atoms. The summed E-state index contributed by atoms with van der Waals surface area (Å²) in [6.07, 6.45) is 1.15. The summed E-state index contributed by atoms with van der Waals surface area (Å²) >= 11 is 6.11. The monoisotopic (exact) mass is 238 g/mol. The fourth-order valence-electron chi connectivity index (χ4n) is 2.75. The van der Waals surface area contributed by atoms with Gasteiger partial charge in [-0.15, -0.1) is 0 Å². The van der Waals surface area contributed by atoms with Gasteiger partial charge >= 0.3 is 0 Å². The van der Waals surface area contributed by atoms with Crippen LogP contribution in [0.5, 0.6) is 5.75 Å². The number of hydrogen-bond donors (Lipinski definition) is 2. The lowest BCUT2D eigenvalue weighted by molar-refractivity contribution is 0.416. The zero-order valence-corrected chi connectivity index (χ0v) is 9.97. The molecule has 1 aromatic carbocycles. The van der Waals surface area contributed by atoms with E-state index >= 15 is 0 Å². The van der Waals surface area contributed by atoms with Crippen LogP contribution in [0, 0.1) is 0 Å². The first-order valence-corrected chi connectivity index (χ1v) is 6.02. The van der Waals surface area contributed by atoms with Crippen LogP contribution in [-0.4, -0.2) is 26.2 Å². The summed E-state index contributed by atoms with van der Waals surface area (Å²) in [7, 11) is 1.69. The lowest BCUT2D eigenvalue weighted by Gasteiger charge is -2.26. The molecule has 0 spiro atoms.